The molecule has 1 heteroatoms. The van der Waals surface area contributed by atoms with Gasteiger partial charge in [0.1, 0.15) is 0 Å². The molecule has 1 heterocycles. The highest BCUT2D eigenvalue weighted by Crippen LogP contribution is 2.43. The maximum Gasteiger partial charge on any atom is 0.0173 e. The Labute approximate surface area is 107 Å². The van der Waals surface area contributed by atoms with Crippen LogP contribution in [0, 0.1) is 11.3 Å². The van der Waals surface area contributed by atoms with Crippen LogP contribution >= 0.6 is 0 Å². The summed E-state index contributed by atoms with van der Waals surface area (Å²) in [6.45, 7) is 12.0. The van der Waals surface area contributed by atoms with E-state index in [1.165, 1.54) is 38.8 Å². The molecule has 1 nitrogen and oxygen atoms in total. The molecule has 2 aliphatic rings. The van der Waals surface area contributed by atoms with Crippen LogP contribution in [0.2, 0.25) is 0 Å². The van der Waals surface area contributed by atoms with Gasteiger partial charge < -0.3 is 4.90 Å². The molecule has 0 bridgehead atoms. The average molecular weight is 233 g/mol. The molecule has 0 spiro atoms. The largest absolute Gasteiger partial charge is 0.377 e. The second-order valence-electron chi connectivity index (χ2n) is 6.48. The quantitative estimate of drug-likeness (QED) is 0.684. The zero-order chi connectivity index (χ0) is 12.5. The molecule has 2 rings (SSSR count). The van der Waals surface area contributed by atoms with Crippen molar-refractivity contribution in [3.63, 3.8) is 0 Å². The van der Waals surface area contributed by atoms with E-state index < -0.39 is 0 Å². The Bertz CT molecular complexity index is 329. The number of hydrogen-bond acceptors (Lipinski definition) is 1. The van der Waals surface area contributed by atoms with E-state index in [1.54, 1.807) is 11.1 Å². The Morgan fingerprint density at radius 2 is 1.88 bits per heavy atom. The van der Waals surface area contributed by atoms with Crippen molar-refractivity contribution in [1.29, 1.82) is 0 Å². The minimum atomic E-state index is 0.368. The van der Waals surface area contributed by atoms with Gasteiger partial charge in [0.15, 0.2) is 0 Å². The van der Waals surface area contributed by atoms with E-state index in [1.807, 2.05) is 0 Å². The van der Waals surface area contributed by atoms with E-state index in [0.717, 1.165) is 5.92 Å². The van der Waals surface area contributed by atoms with Gasteiger partial charge in [0.05, 0.1) is 0 Å². The molecule has 17 heavy (non-hydrogen) atoms. The molecule has 1 saturated heterocycles. The highest BCUT2D eigenvalue weighted by atomic mass is 15.1. The Balaban J connectivity index is 2.17. The average Bonchev–Trinajstić information content (AvgIpc) is 2.77. The van der Waals surface area contributed by atoms with E-state index in [4.69, 9.17) is 0 Å². The monoisotopic (exact) mass is 233 g/mol. The summed E-state index contributed by atoms with van der Waals surface area (Å²) in [5, 5.41) is 0. The van der Waals surface area contributed by atoms with Gasteiger partial charge in [0, 0.05) is 13.1 Å². The van der Waals surface area contributed by atoms with Crippen LogP contribution in [0.4, 0.5) is 0 Å². The Kier molecular flexibility index (Phi) is 3.65. The fourth-order valence-electron chi connectivity index (χ4n) is 3.16. The van der Waals surface area contributed by atoms with Gasteiger partial charge in [-0.15, -0.1) is 0 Å². The molecular weight excluding hydrogens is 206 g/mol. The number of hydrogen-bond donors (Lipinski definition) is 0. The molecule has 0 radical (unpaired) electrons. The zero-order valence-corrected chi connectivity index (χ0v) is 11.9. The van der Waals surface area contributed by atoms with Crippen molar-refractivity contribution in [2.45, 2.75) is 53.4 Å². The molecular formula is C16H27N. The Morgan fingerprint density at radius 3 is 2.53 bits per heavy atom. The third-order valence-corrected chi connectivity index (χ3v) is 4.69. The van der Waals surface area contributed by atoms with Gasteiger partial charge in [0.25, 0.3) is 0 Å². The smallest absolute Gasteiger partial charge is 0.0173 e. The zero-order valence-electron chi connectivity index (χ0n) is 11.9. The van der Waals surface area contributed by atoms with Crippen LogP contribution in [0.1, 0.15) is 53.4 Å². The predicted octanol–water partition coefficient (Wildman–Crippen LogP) is 4.37. The first-order chi connectivity index (χ1) is 8.00. The molecule has 0 saturated carbocycles. The van der Waals surface area contributed by atoms with Crippen LogP contribution < -0.4 is 0 Å². The van der Waals surface area contributed by atoms with Crippen LogP contribution in [0.15, 0.2) is 23.4 Å². The molecule has 0 aromatic heterocycles. The first kappa shape index (κ1) is 12.7. The fourth-order valence-corrected chi connectivity index (χ4v) is 3.16. The van der Waals surface area contributed by atoms with Gasteiger partial charge in [0.2, 0.25) is 0 Å². The van der Waals surface area contributed by atoms with Crippen LogP contribution in [0.25, 0.3) is 0 Å². The van der Waals surface area contributed by atoms with Crippen molar-refractivity contribution in [3.05, 3.63) is 23.4 Å². The lowest BCUT2D eigenvalue weighted by molar-refractivity contribution is 0.337. The standard InChI is InChI=1S/C16H27N/c1-13-7-9-16(3,4)15(14(13)2)8-12-17-10-5-6-11-17/h8,12-13H,5-7,9-11H2,1-4H3. The second kappa shape index (κ2) is 4.88. The highest BCUT2D eigenvalue weighted by Gasteiger charge is 2.29. The molecule has 1 unspecified atom stereocenters. The van der Waals surface area contributed by atoms with Crippen molar-refractivity contribution >= 4 is 0 Å². The molecule has 0 N–H and O–H groups in total. The number of nitrogens with zero attached hydrogens (tertiary/aromatic N) is 1. The fraction of sp³-hybridized carbons (Fsp3) is 0.750. The summed E-state index contributed by atoms with van der Waals surface area (Å²) in [7, 11) is 0. The minimum absolute atomic E-state index is 0.368. The van der Waals surface area contributed by atoms with Gasteiger partial charge in [-0.05, 0) is 61.8 Å². The number of likely N-dealkylation sites (tertiary alicyclic amines) is 1. The van der Waals surface area contributed by atoms with Crippen molar-refractivity contribution in [3.8, 4) is 0 Å². The number of rotatable bonds is 2. The van der Waals surface area contributed by atoms with Crippen molar-refractivity contribution in [2.75, 3.05) is 13.1 Å². The first-order valence-corrected chi connectivity index (χ1v) is 7.14. The molecule has 0 aromatic carbocycles. The summed E-state index contributed by atoms with van der Waals surface area (Å²) in [6.07, 6.45) is 10.1. The van der Waals surface area contributed by atoms with Crippen molar-refractivity contribution in [2.24, 2.45) is 11.3 Å². The summed E-state index contributed by atoms with van der Waals surface area (Å²) < 4.78 is 0. The topological polar surface area (TPSA) is 3.24 Å². The predicted molar refractivity (Wildman–Crippen MR) is 74.8 cm³/mol. The lowest BCUT2D eigenvalue weighted by atomic mass is 9.69. The molecule has 1 fully saturated rings. The molecule has 1 aliphatic carbocycles. The maximum absolute atomic E-state index is 2.47. The number of allylic oxidation sites excluding steroid dienone is 3. The summed E-state index contributed by atoms with van der Waals surface area (Å²) in [5.41, 5.74) is 3.56. The van der Waals surface area contributed by atoms with Gasteiger partial charge in [-0.2, -0.15) is 0 Å². The summed E-state index contributed by atoms with van der Waals surface area (Å²) in [4.78, 5) is 2.47. The molecule has 0 amide bonds. The minimum Gasteiger partial charge on any atom is -0.377 e. The van der Waals surface area contributed by atoms with E-state index in [2.05, 4.69) is 44.9 Å². The maximum atomic E-state index is 2.47. The van der Waals surface area contributed by atoms with Gasteiger partial charge in [-0.25, -0.2) is 0 Å². The van der Waals surface area contributed by atoms with E-state index in [9.17, 15) is 0 Å². The normalized spacial score (nSPS) is 29.4. The third kappa shape index (κ3) is 2.75. The van der Waals surface area contributed by atoms with Crippen LogP contribution in [0.5, 0.6) is 0 Å². The third-order valence-electron chi connectivity index (χ3n) is 4.69. The highest BCUT2D eigenvalue weighted by molar-refractivity contribution is 5.33. The second-order valence-corrected chi connectivity index (χ2v) is 6.48. The van der Waals surface area contributed by atoms with Crippen molar-refractivity contribution < 1.29 is 0 Å². The molecule has 96 valence electrons. The van der Waals surface area contributed by atoms with E-state index in [0.29, 0.717) is 5.41 Å². The van der Waals surface area contributed by atoms with Gasteiger partial charge in [-0.1, -0.05) is 26.3 Å². The summed E-state index contributed by atoms with van der Waals surface area (Å²) in [6, 6.07) is 0. The van der Waals surface area contributed by atoms with Gasteiger partial charge in [-0.3, -0.25) is 0 Å². The summed E-state index contributed by atoms with van der Waals surface area (Å²) in [5.74, 6) is 0.765. The molecule has 1 aliphatic heterocycles. The molecule has 0 aromatic rings. The van der Waals surface area contributed by atoms with Crippen LogP contribution in [0.3, 0.4) is 0 Å². The van der Waals surface area contributed by atoms with Crippen LogP contribution in [-0.4, -0.2) is 18.0 Å². The lowest BCUT2D eigenvalue weighted by Crippen LogP contribution is -2.23. The molecule has 1 atom stereocenters. The van der Waals surface area contributed by atoms with Crippen LogP contribution in [-0.2, 0) is 0 Å². The van der Waals surface area contributed by atoms with E-state index >= 15 is 0 Å². The van der Waals surface area contributed by atoms with E-state index in [-0.39, 0.29) is 0 Å². The van der Waals surface area contributed by atoms with Gasteiger partial charge >= 0.3 is 0 Å². The Morgan fingerprint density at radius 1 is 1.24 bits per heavy atom. The Hall–Kier alpha value is -0.720. The van der Waals surface area contributed by atoms with Crippen molar-refractivity contribution in [1.82, 2.24) is 4.90 Å². The lowest BCUT2D eigenvalue weighted by Gasteiger charge is -2.36. The first-order valence-electron chi connectivity index (χ1n) is 7.14. The summed E-state index contributed by atoms with van der Waals surface area (Å²) >= 11 is 0. The SMILES string of the molecule is CC1=C(C=CN2CCCC2)C(C)(C)CCC1C.